The van der Waals surface area contributed by atoms with Crippen molar-refractivity contribution < 1.29 is 0 Å². The number of halogens is 1. The molecule has 0 fully saturated rings. The van der Waals surface area contributed by atoms with E-state index in [4.69, 9.17) is 0 Å². The van der Waals surface area contributed by atoms with E-state index >= 15 is 0 Å². The van der Waals surface area contributed by atoms with E-state index in [0.29, 0.717) is 5.92 Å². The molecule has 0 saturated heterocycles. The fourth-order valence-corrected chi connectivity index (χ4v) is 3.77. The van der Waals surface area contributed by atoms with Gasteiger partial charge in [-0.3, -0.25) is 4.99 Å². The lowest BCUT2D eigenvalue weighted by atomic mass is 10.1. The summed E-state index contributed by atoms with van der Waals surface area (Å²) in [7, 11) is 3.88. The van der Waals surface area contributed by atoms with Crippen LogP contribution in [0.25, 0.3) is 0 Å². The molecule has 4 nitrogen and oxygen atoms in total. The normalized spacial score (nSPS) is 12.6. The summed E-state index contributed by atoms with van der Waals surface area (Å²) in [5, 5.41) is 8.82. The van der Waals surface area contributed by atoms with Crippen LogP contribution in [-0.2, 0) is 13.0 Å². The first-order valence-corrected chi connectivity index (χ1v) is 9.19. The predicted molar refractivity (Wildman–Crippen MR) is 112 cm³/mol. The quantitative estimate of drug-likeness (QED) is 0.399. The molecule has 7 heteroatoms. The molecule has 0 aliphatic heterocycles. The van der Waals surface area contributed by atoms with Gasteiger partial charge in [-0.15, -0.1) is 46.7 Å². The molecule has 2 aromatic heterocycles. The molecule has 0 spiro atoms. The van der Waals surface area contributed by atoms with Gasteiger partial charge in [0, 0.05) is 30.9 Å². The molecule has 2 rings (SSSR count). The predicted octanol–water partition coefficient (Wildman–Crippen LogP) is 4.02. The molecule has 2 heterocycles. The number of hydrogen-bond donors (Lipinski definition) is 1. The number of aliphatic imine (C=N–C) groups is 1. The van der Waals surface area contributed by atoms with Crippen LogP contribution in [-0.4, -0.2) is 36.5 Å². The number of thiazole rings is 1. The number of thiophene rings is 1. The van der Waals surface area contributed by atoms with Crippen molar-refractivity contribution in [3.63, 3.8) is 0 Å². The summed E-state index contributed by atoms with van der Waals surface area (Å²) >= 11 is 3.52. The average molecular weight is 464 g/mol. The van der Waals surface area contributed by atoms with Gasteiger partial charge in [0.2, 0.25) is 0 Å². The second-order valence-electron chi connectivity index (χ2n) is 5.53. The highest BCUT2D eigenvalue weighted by atomic mass is 127. The van der Waals surface area contributed by atoms with E-state index in [9.17, 15) is 0 Å². The van der Waals surface area contributed by atoms with E-state index in [2.05, 4.69) is 50.0 Å². The number of rotatable bonds is 6. The topological polar surface area (TPSA) is 40.5 Å². The van der Waals surface area contributed by atoms with E-state index in [1.54, 1.807) is 11.3 Å². The molecule has 0 amide bonds. The zero-order valence-electron chi connectivity index (χ0n) is 14.1. The molecule has 128 valence electrons. The third-order valence-electron chi connectivity index (χ3n) is 3.38. The first-order valence-electron chi connectivity index (χ1n) is 7.43. The molecule has 0 saturated carbocycles. The van der Waals surface area contributed by atoms with Crippen molar-refractivity contribution in [1.29, 1.82) is 0 Å². The first-order chi connectivity index (χ1) is 10.6. The van der Waals surface area contributed by atoms with Crippen LogP contribution in [0.4, 0.5) is 0 Å². The average Bonchev–Trinajstić information content (AvgIpc) is 3.11. The van der Waals surface area contributed by atoms with Gasteiger partial charge in [-0.2, -0.15) is 0 Å². The zero-order valence-corrected chi connectivity index (χ0v) is 18.0. The Kier molecular flexibility index (Phi) is 9.08. The molecular formula is C16H25IN4S2. The van der Waals surface area contributed by atoms with Crippen molar-refractivity contribution in [3.05, 3.63) is 38.5 Å². The van der Waals surface area contributed by atoms with E-state index in [0.717, 1.165) is 36.2 Å². The molecule has 0 bridgehead atoms. The fraction of sp³-hybridized carbons (Fsp3) is 0.500. The number of guanidine groups is 1. The molecule has 1 atom stereocenters. The van der Waals surface area contributed by atoms with Crippen LogP contribution in [0.15, 0.2) is 27.9 Å². The Bertz CT molecular complexity index is 595. The zero-order chi connectivity index (χ0) is 15.9. The van der Waals surface area contributed by atoms with Gasteiger partial charge >= 0.3 is 0 Å². The molecule has 23 heavy (non-hydrogen) atoms. The maximum atomic E-state index is 4.51. The van der Waals surface area contributed by atoms with E-state index in [-0.39, 0.29) is 24.0 Å². The number of aromatic nitrogens is 1. The van der Waals surface area contributed by atoms with Crippen molar-refractivity contribution in [1.82, 2.24) is 15.2 Å². The van der Waals surface area contributed by atoms with E-state index in [1.165, 1.54) is 4.88 Å². The Balaban J connectivity index is 0.00000264. The highest BCUT2D eigenvalue weighted by Crippen LogP contribution is 2.14. The lowest BCUT2D eigenvalue weighted by Gasteiger charge is -2.22. The van der Waals surface area contributed by atoms with Gasteiger partial charge < -0.3 is 10.2 Å². The van der Waals surface area contributed by atoms with Crippen LogP contribution in [0.2, 0.25) is 0 Å². The first kappa shape index (κ1) is 20.4. The second-order valence-corrected chi connectivity index (χ2v) is 7.63. The summed E-state index contributed by atoms with van der Waals surface area (Å²) in [5.41, 5.74) is 1.10. The summed E-state index contributed by atoms with van der Waals surface area (Å²) in [6.07, 6.45) is 1.11. The minimum Gasteiger partial charge on any atom is -0.356 e. The van der Waals surface area contributed by atoms with Gasteiger partial charge in [-0.25, -0.2) is 4.98 Å². The lowest BCUT2D eigenvalue weighted by molar-refractivity contribution is 0.457. The van der Waals surface area contributed by atoms with E-state index in [1.807, 2.05) is 32.4 Å². The number of nitrogens with one attached hydrogen (secondary N) is 1. The van der Waals surface area contributed by atoms with Crippen molar-refractivity contribution in [2.45, 2.75) is 26.8 Å². The van der Waals surface area contributed by atoms with Gasteiger partial charge in [-0.1, -0.05) is 13.0 Å². The number of aryl methyl sites for hydroxylation is 1. The van der Waals surface area contributed by atoms with Crippen molar-refractivity contribution >= 4 is 52.6 Å². The lowest BCUT2D eigenvalue weighted by Crippen LogP contribution is -2.40. The van der Waals surface area contributed by atoms with Crippen LogP contribution in [0.3, 0.4) is 0 Å². The molecule has 0 aromatic carbocycles. The van der Waals surface area contributed by atoms with Crippen molar-refractivity contribution in [2.75, 3.05) is 20.6 Å². The molecule has 0 aliphatic rings. The highest BCUT2D eigenvalue weighted by molar-refractivity contribution is 14.0. The molecule has 1 unspecified atom stereocenters. The number of hydrogen-bond acceptors (Lipinski definition) is 4. The molecular weight excluding hydrogens is 439 g/mol. The Morgan fingerprint density at radius 2 is 2.22 bits per heavy atom. The van der Waals surface area contributed by atoms with Crippen LogP contribution in [0, 0.1) is 12.8 Å². The smallest absolute Gasteiger partial charge is 0.193 e. The third-order valence-corrected chi connectivity index (χ3v) is 5.10. The molecule has 1 N–H and O–H groups in total. The summed E-state index contributed by atoms with van der Waals surface area (Å²) in [6, 6.07) is 4.31. The SMILES string of the molecule is CN=C(NCC(C)Cc1cccs1)N(C)Cc1csc(C)n1.I. The second kappa shape index (κ2) is 10.2. The monoisotopic (exact) mass is 464 g/mol. The van der Waals surface area contributed by atoms with Crippen LogP contribution in [0.5, 0.6) is 0 Å². The Morgan fingerprint density at radius 3 is 2.78 bits per heavy atom. The maximum Gasteiger partial charge on any atom is 0.193 e. The van der Waals surface area contributed by atoms with Gasteiger partial charge in [-0.05, 0) is 30.7 Å². The molecule has 0 radical (unpaired) electrons. The van der Waals surface area contributed by atoms with Gasteiger partial charge in [0.15, 0.2) is 5.96 Å². The van der Waals surface area contributed by atoms with Crippen LogP contribution in [0.1, 0.15) is 22.5 Å². The Labute approximate surface area is 164 Å². The highest BCUT2D eigenvalue weighted by Gasteiger charge is 2.10. The maximum absolute atomic E-state index is 4.51. The minimum atomic E-state index is 0. The third kappa shape index (κ3) is 6.76. The Hall–Kier alpha value is -0.670. The minimum absolute atomic E-state index is 0. The summed E-state index contributed by atoms with van der Waals surface area (Å²) < 4.78 is 0. The standard InChI is InChI=1S/C16H24N4S2.HI/c1-12(8-15-6-5-7-21-15)9-18-16(17-3)20(4)10-14-11-22-13(2)19-14;/h5-7,11-12H,8-10H2,1-4H3,(H,17,18);1H. The van der Waals surface area contributed by atoms with Crippen LogP contribution >= 0.6 is 46.7 Å². The van der Waals surface area contributed by atoms with Gasteiger partial charge in [0.1, 0.15) is 0 Å². The van der Waals surface area contributed by atoms with Crippen LogP contribution < -0.4 is 5.32 Å². The molecule has 0 aliphatic carbocycles. The summed E-state index contributed by atoms with van der Waals surface area (Å²) in [4.78, 5) is 12.4. The number of nitrogens with zero attached hydrogens (tertiary/aromatic N) is 3. The van der Waals surface area contributed by atoms with Crippen molar-refractivity contribution in [2.24, 2.45) is 10.9 Å². The van der Waals surface area contributed by atoms with Gasteiger partial charge in [0.25, 0.3) is 0 Å². The summed E-state index contributed by atoms with van der Waals surface area (Å²) in [5.74, 6) is 1.49. The molecule has 2 aromatic rings. The Morgan fingerprint density at radius 1 is 1.43 bits per heavy atom. The summed E-state index contributed by atoms with van der Waals surface area (Å²) in [6.45, 7) is 6.01. The van der Waals surface area contributed by atoms with E-state index < -0.39 is 0 Å². The fourth-order valence-electron chi connectivity index (χ4n) is 2.29. The van der Waals surface area contributed by atoms with Crippen molar-refractivity contribution in [3.8, 4) is 0 Å². The largest absolute Gasteiger partial charge is 0.356 e. The van der Waals surface area contributed by atoms with Gasteiger partial charge in [0.05, 0.1) is 17.2 Å².